The number of imidazole rings is 2. The summed E-state index contributed by atoms with van der Waals surface area (Å²) in [4.78, 5) is 14.9. The van der Waals surface area contributed by atoms with Gasteiger partial charge in [0, 0.05) is 5.56 Å². The van der Waals surface area contributed by atoms with Gasteiger partial charge in [0.2, 0.25) is 0 Å². The van der Waals surface area contributed by atoms with Crippen molar-refractivity contribution < 1.29 is 5.11 Å². The van der Waals surface area contributed by atoms with Gasteiger partial charge in [-0.05, 0) is 19.1 Å². The van der Waals surface area contributed by atoms with E-state index >= 15 is 0 Å². The van der Waals surface area contributed by atoms with Gasteiger partial charge in [0.15, 0.2) is 0 Å². The highest BCUT2D eigenvalue weighted by Gasteiger charge is 2.10. The van der Waals surface area contributed by atoms with Crippen LogP contribution >= 0.6 is 0 Å². The Bertz CT molecular complexity index is 715. The predicted molar refractivity (Wildman–Crippen MR) is 72.4 cm³/mol. The maximum atomic E-state index is 9.01. The number of hydrogen-bond acceptors (Lipinski definition) is 4. The molecule has 1 atom stereocenters. The lowest BCUT2D eigenvalue weighted by Crippen LogP contribution is -2.15. The van der Waals surface area contributed by atoms with Gasteiger partial charge in [-0.2, -0.15) is 0 Å². The Morgan fingerprint density at radius 3 is 3.00 bits per heavy atom. The van der Waals surface area contributed by atoms with Gasteiger partial charge < -0.3 is 20.8 Å². The van der Waals surface area contributed by atoms with Crippen molar-refractivity contribution >= 4 is 11.0 Å². The van der Waals surface area contributed by atoms with E-state index in [1.807, 2.05) is 25.1 Å². The van der Waals surface area contributed by atoms with Gasteiger partial charge in [0.05, 0.1) is 35.6 Å². The van der Waals surface area contributed by atoms with Crippen LogP contribution in [0.1, 0.15) is 17.7 Å². The first-order valence-electron chi connectivity index (χ1n) is 6.05. The lowest BCUT2D eigenvalue weighted by molar-refractivity contribution is 0.264. The third-order valence-electron chi connectivity index (χ3n) is 3.05. The molecule has 5 N–H and O–H groups in total. The van der Waals surface area contributed by atoms with Crippen molar-refractivity contribution in [3.8, 4) is 11.3 Å². The normalized spacial score (nSPS) is 13.0. The lowest BCUT2D eigenvalue weighted by atomic mass is 10.1. The quantitative estimate of drug-likeness (QED) is 0.567. The first-order valence-corrected chi connectivity index (χ1v) is 6.05. The number of benzene rings is 1. The van der Waals surface area contributed by atoms with Crippen molar-refractivity contribution in [3.63, 3.8) is 0 Å². The van der Waals surface area contributed by atoms with Gasteiger partial charge in [-0.3, -0.25) is 0 Å². The van der Waals surface area contributed by atoms with Crippen LogP contribution in [0.2, 0.25) is 0 Å². The molecule has 0 aliphatic carbocycles. The van der Waals surface area contributed by atoms with Crippen LogP contribution in [0.25, 0.3) is 22.3 Å². The smallest absolute Gasteiger partial charge is 0.125 e. The van der Waals surface area contributed by atoms with Gasteiger partial charge in [0.1, 0.15) is 11.6 Å². The molecule has 0 aliphatic rings. The fourth-order valence-electron chi connectivity index (χ4n) is 2.06. The van der Waals surface area contributed by atoms with E-state index in [0.29, 0.717) is 5.82 Å². The van der Waals surface area contributed by atoms with Crippen LogP contribution in [0, 0.1) is 6.92 Å². The molecule has 0 saturated heterocycles. The van der Waals surface area contributed by atoms with Crippen molar-refractivity contribution in [3.05, 3.63) is 36.0 Å². The molecule has 0 radical (unpaired) electrons. The van der Waals surface area contributed by atoms with Crippen LogP contribution in [0.15, 0.2) is 24.4 Å². The molecule has 3 rings (SSSR count). The van der Waals surface area contributed by atoms with Crippen LogP contribution in [0.3, 0.4) is 0 Å². The van der Waals surface area contributed by atoms with E-state index < -0.39 is 6.04 Å². The number of fused-ring (bicyclic) bond motifs is 1. The van der Waals surface area contributed by atoms with Gasteiger partial charge in [0.25, 0.3) is 0 Å². The standard InChI is InChI=1S/C13H15N5O/c1-7-16-10-3-2-8(4-11(10)17-7)12-5-15-13(18-12)9(14)6-19/h2-5,9,19H,6,14H2,1H3,(H,15,18)(H,16,17). The average molecular weight is 257 g/mol. The predicted octanol–water partition coefficient (Wildman–Crippen LogP) is 1.25. The van der Waals surface area contributed by atoms with Crippen molar-refractivity contribution in [1.82, 2.24) is 19.9 Å². The Labute approximate surface area is 109 Å². The number of nitrogens with one attached hydrogen (secondary N) is 2. The van der Waals surface area contributed by atoms with Crippen LogP contribution in [-0.2, 0) is 0 Å². The van der Waals surface area contributed by atoms with Gasteiger partial charge >= 0.3 is 0 Å². The number of aliphatic hydroxyl groups is 1. The van der Waals surface area contributed by atoms with E-state index in [9.17, 15) is 0 Å². The number of rotatable bonds is 3. The maximum absolute atomic E-state index is 9.01. The fraction of sp³-hybridized carbons (Fsp3) is 0.231. The molecule has 0 aliphatic heterocycles. The Morgan fingerprint density at radius 2 is 2.21 bits per heavy atom. The summed E-state index contributed by atoms with van der Waals surface area (Å²) >= 11 is 0. The Hall–Kier alpha value is -2.18. The zero-order valence-electron chi connectivity index (χ0n) is 10.5. The Kier molecular flexibility index (Phi) is 2.81. The molecule has 1 aromatic carbocycles. The molecule has 98 valence electrons. The summed E-state index contributed by atoms with van der Waals surface area (Å²) in [6, 6.07) is 5.47. The molecule has 0 spiro atoms. The monoisotopic (exact) mass is 257 g/mol. The summed E-state index contributed by atoms with van der Waals surface area (Å²) in [6.45, 7) is 1.79. The molecule has 2 heterocycles. The molecular weight excluding hydrogens is 242 g/mol. The summed E-state index contributed by atoms with van der Waals surface area (Å²) < 4.78 is 0. The topological polar surface area (TPSA) is 104 Å². The number of aryl methyl sites for hydroxylation is 1. The number of aromatic nitrogens is 4. The number of nitrogens with two attached hydrogens (primary N) is 1. The minimum absolute atomic E-state index is 0.133. The molecule has 3 aromatic rings. The Balaban J connectivity index is 2.01. The summed E-state index contributed by atoms with van der Waals surface area (Å²) in [7, 11) is 0. The number of hydrogen-bond donors (Lipinski definition) is 4. The van der Waals surface area contributed by atoms with Crippen LogP contribution in [-0.4, -0.2) is 31.6 Å². The summed E-state index contributed by atoms with van der Waals surface area (Å²) in [5, 5.41) is 9.01. The van der Waals surface area contributed by atoms with E-state index in [0.717, 1.165) is 28.1 Å². The highest BCUT2D eigenvalue weighted by atomic mass is 16.3. The largest absolute Gasteiger partial charge is 0.394 e. The van der Waals surface area contributed by atoms with Crippen molar-refractivity contribution in [2.75, 3.05) is 6.61 Å². The molecule has 0 fully saturated rings. The molecule has 6 nitrogen and oxygen atoms in total. The molecule has 0 bridgehead atoms. The SMILES string of the molecule is Cc1nc2ccc(-c3cnc(C(N)CO)[nH]3)cc2[nH]1. The molecule has 19 heavy (non-hydrogen) atoms. The zero-order valence-corrected chi connectivity index (χ0v) is 10.5. The second kappa shape index (κ2) is 4.49. The van der Waals surface area contributed by atoms with Crippen LogP contribution < -0.4 is 5.73 Å². The van der Waals surface area contributed by atoms with Crippen LogP contribution in [0.4, 0.5) is 0 Å². The lowest BCUT2D eigenvalue weighted by Gasteiger charge is -2.03. The maximum Gasteiger partial charge on any atom is 0.125 e. The minimum Gasteiger partial charge on any atom is -0.394 e. The third kappa shape index (κ3) is 2.11. The summed E-state index contributed by atoms with van der Waals surface area (Å²) in [5.41, 5.74) is 9.51. The second-order valence-corrected chi connectivity index (χ2v) is 4.53. The Morgan fingerprint density at radius 1 is 1.37 bits per heavy atom. The molecule has 0 amide bonds. The highest BCUT2D eigenvalue weighted by molar-refractivity contribution is 5.81. The van der Waals surface area contributed by atoms with Gasteiger partial charge in [-0.1, -0.05) is 6.07 Å². The third-order valence-corrected chi connectivity index (χ3v) is 3.05. The van der Waals surface area contributed by atoms with Gasteiger partial charge in [-0.15, -0.1) is 0 Å². The highest BCUT2D eigenvalue weighted by Crippen LogP contribution is 2.22. The van der Waals surface area contributed by atoms with E-state index in [1.54, 1.807) is 6.20 Å². The fourth-order valence-corrected chi connectivity index (χ4v) is 2.06. The molecule has 6 heteroatoms. The summed E-state index contributed by atoms with van der Waals surface area (Å²) in [6.07, 6.45) is 1.72. The van der Waals surface area contributed by atoms with E-state index in [2.05, 4.69) is 19.9 Å². The molecule has 2 aromatic heterocycles. The minimum atomic E-state index is -0.480. The van der Waals surface area contributed by atoms with Crippen molar-refractivity contribution in [2.45, 2.75) is 13.0 Å². The van der Waals surface area contributed by atoms with Crippen molar-refractivity contribution in [2.24, 2.45) is 5.73 Å². The number of aliphatic hydroxyl groups excluding tert-OH is 1. The summed E-state index contributed by atoms with van der Waals surface area (Å²) in [5.74, 6) is 1.47. The van der Waals surface area contributed by atoms with Crippen molar-refractivity contribution in [1.29, 1.82) is 0 Å². The van der Waals surface area contributed by atoms with Gasteiger partial charge in [-0.25, -0.2) is 9.97 Å². The molecule has 0 saturated carbocycles. The average Bonchev–Trinajstić information content (AvgIpc) is 3.01. The van der Waals surface area contributed by atoms with E-state index in [4.69, 9.17) is 10.8 Å². The zero-order chi connectivity index (χ0) is 13.4. The number of nitrogens with zero attached hydrogens (tertiary/aromatic N) is 2. The van der Waals surface area contributed by atoms with E-state index in [1.165, 1.54) is 0 Å². The van der Waals surface area contributed by atoms with Crippen LogP contribution in [0.5, 0.6) is 0 Å². The second-order valence-electron chi connectivity index (χ2n) is 4.53. The number of aromatic amines is 2. The number of H-pyrrole nitrogens is 2. The first kappa shape index (κ1) is 11.9. The van der Waals surface area contributed by atoms with E-state index in [-0.39, 0.29) is 6.61 Å². The first-order chi connectivity index (χ1) is 9.17. The molecular formula is C13H15N5O. The molecule has 1 unspecified atom stereocenters.